The van der Waals surface area contributed by atoms with Gasteiger partial charge in [0.25, 0.3) is 5.56 Å². The van der Waals surface area contributed by atoms with Gasteiger partial charge in [-0.2, -0.15) is 4.98 Å². The molecule has 0 aliphatic carbocycles. The molecule has 11 nitrogen and oxygen atoms in total. The van der Waals surface area contributed by atoms with E-state index in [9.17, 15) is 19.5 Å². The summed E-state index contributed by atoms with van der Waals surface area (Å²) in [6.45, 7) is 1.92. The Bertz CT molecular complexity index is 1210. The number of carboxylic acid groups (broad SMARTS) is 1. The zero-order valence-electron chi connectivity index (χ0n) is 17.5. The minimum atomic E-state index is -0.999. The van der Waals surface area contributed by atoms with Crippen LogP contribution in [0.1, 0.15) is 12.0 Å². The predicted octanol–water partition coefficient (Wildman–Crippen LogP) is 0.0686. The van der Waals surface area contributed by atoms with Crippen molar-refractivity contribution < 1.29 is 19.7 Å². The maximum atomic E-state index is 12.8. The Morgan fingerprint density at radius 2 is 1.87 bits per heavy atom. The van der Waals surface area contributed by atoms with Gasteiger partial charge >= 0.3 is 11.7 Å². The molecule has 31 heavy (non-hydrogen) atoms. The summed E-state index contributed by atoms with van der Waals surface area (Å²) in [4.78, 5) is 40.2. The van der Waals surface area contributed by atoms with Gasteiger partial charge in [0.1, 0.15) is 18.5 Å². The summed E-state index contributed by atoms with van der Waals surface area (Å²) in [7, 11) is 2.84. The number of rotatable bonds is 9. The van der Waals surface area contributed by atoms with E-state index < -0.39 is 23.3 Å². The predicted molar refractivity (Wildman–Crippen MR) is 114 cm³/mol. The lowest BCUT2D eigenvalue weighted by Crippen LogP contribution is -2.38. The molecule has 0 fully saturated rings. The highest BCUT2D eigenvalue weighted by atomic mass is 16.5. The Hall–Kier alpha value is -3.60. The third-order valence-corrected chi connectivity index (χ3v) is 4.83. The number of nitrogens with zero attached hydrogens (tertiary/aromatic N) is 4. The second-order valence-corrected chi connectivity index (χ2v) is 7.27. The number of aliphatic carboxylic acids is 1. The number of carboxylic acids is 1. The second kappa shape index (κ2) is 9.04. The number of aliphatic hydroxyl groups is 1. The first-order chi connectivity index (χ1) is 14.7. The van der Waals surface area contributed by atoms with Crippen LogP contribution in [0.5, 0.6) is 5.75 Å². The first-order valence-electron chi connectivity index (χ1n) is 9.68. The van der Waals surface area contributed by atoms with E-state index in [0.29, 0.717) is 5.75 Å². The molecule has 3 rings (SSSR count). The largest absolute Gasteiger partial charge is 0.491 e. The van der Waals surface area contributed by atoms with Gasteiger partial charge in [0.15, 0.2) is 11.2 Å². The standard InChI is InChI=1S/C20H25N5O6/c1-12-4-6-14(7-5-12)31-11-13(26)10-25-16-17(22-19(25)21-9-8-15(27)28)23(2)20(30)24(3)18(16)29/h4-7,13,26H,8-11H2,1-3H3,(H,21,22)(H,27,28). The van der Waals surface area contributed by atoms with E-state index in [-0.39, 0.29) is 43.2 Å². The van der Waals surface area contributed by atoms with Crippen molar-refractivity contribution in [2.75, 3.05) is 18.5 Å². The van der Waals surface area contributed by atoms with Crippen LogP contribution in [0.4, 0.5) is 5.95 Å². The number of hydrogen-bond acceptors (Lipinski definition) is 7. The normalized spacial score (nSPS) is 12.1. The van der Waals surface area contributed by atoms with Gasteiger partial charge in [-0.25, -0.2) is 4.79 Å². The molecular weight excluding hydrogens is 406 g/mol. The zero-order chi connectivity index (χ0) is 22.7. The van der Waals surface area contributed by atoms with Gasteiger partial charge < -0.3 is 24.8 Å². The molecule has 0 radical (unpaired) electrons. The molecule has 2 aromatic heterocycles. The fourth-order valence-electron chi connectivity index (χ4n) is 3.13. The van der Waals surface area contributed by atoms with E-state index in [4.69, 9.17) is 9.84 Å². The summed E-state index contributed by atoms with van der Waals surface area (Å²) in [5.41, 5.74) is 0.233. The average molecular weight is 431 g/mol. The van der Waals surface area contributed by atoms with E-state index in [1.807, 2.05) is 19.1 Å². The van der Waals surface area contributed by atoms with Crippen LogP contribution in [0.3, 0.4) is 0 Å². The number of aliphatic hydroxyl groups excluding tert-OH is 1. The summed E-state index contributed by atoms with van der Waals surface area (Å²) < 4.78 is 9.24. The number of ether oxygens (including phenoxy) is 1. The maximum Gasteiger partial charge on any atom is 0.332 e. The minimum Gasteiger partial charge on any atom is -0.491 e. The van der Waals surface area contributed by atoms with Gasteiger partial charge in [-0.05, 0) is 19.1 Å². The number of imidazole rings is 1. The topological polar surface area (TPSA) is 141 Å². The molecule has 0 amide bonds. The van der Waals surface area contributed by atoms with Gasteiger partial charge in [0.2, 0.25) is 5.95 Å². The van der Waals surface area contributed by atoms with Crippen LogP contribution in [0, 0.1) is 6.92 Å². The minimum absolute atomic E-state index is 0.0383. The fourth-order valence-corrected chi connectivity index (χ4v) is 3.13. The third-order valence-electron chi connectivity index (χ3n) is 4.83. The Balaban J connectivity index is 1.91. The number of carbonyl (C=O) groups is 1. The van der Waals surface area contributed by atoms with Crippen LogP contribution in [0.15, 0.2) is 33.9 Å². The highest BCUT2D eigenvalue weighted by Crippen LogP contribution is 2.17. The summed E-state index contributed by atoms with van der Waals surface area (Å²) in [6.07, 6.45) is -1.17. The van der Waals surface area contributed by atoms with Crippen molar-refractivity contribution in [3.05, 3.63) is 50.7 Å². The van der Waals surface area contributed by atoms with Crippen LogP contribution >= 0.6 is 0 Å². The van der Waals surface area contributed by atoms with Gasteiger partial charge in [0.05, 0.1) is 13.0 Å². The summed E-state index contributed by atoms with van der Waals surface area (Å²) in [5, 5.41) is 22.3. The molecule has 0 bridgehead atoms. The number of anilines is 1. The quantitative estimate of drug-likeness (QED) is 0.432. The van der Waals surface area contributed by atoms with E-state index in [2.05, 4.69) is 10.3 Å². The smallest absolute Gasteiger partial charge is 0.332 e. The molecule has 3 N–H and O–H groups in total. The van der Waals surface area contributed by atoms with E-state index in [1.54, 1.807) is 12.1 Å². The molecule has 0 saturated carbocycles. The van der Waals surface area contributed by atoms with Crippen LogP contribution < -0.4 is 21.3 Å². The number of nitrogens with one attached hydrogen (secondary N) is 1. The van der Waals surface area contributed by atoms with E-state index in [1.165, 1.54) is 23.2 Å². The SMILES string of the molecule is Cc1ccc(OCC(O)Cn2c(NCCC(=O)O)nc3c2c(=O)n(C)c(=O)n3C)cc1. The Labute approximate surface area is 177 Å². The van der Waals surface area contributed by atoms with E-state index in [0.717, 1.165) is 10.1 Å². The van der Waals surface area contributed by atoms with Crippen molar-refractivity contribution >= 4 is 23.1 Å². The highest BCUT2D eigenvalue weighted by molar-refractivity contribution is 5.74. The van der Waals surface area contributed by atoms with Crippen molar-refractivity contribution in [3.8, 4) is 5.75 Å². The maximum absolute atomic E-state index is 12.8. The molecule has 1 unspecified atom stereocenters. The molecule has 0 aliphatic rings. The summed E-state index contributed by atoms with van der Waals surface area (Å²) in [5.74, 6) is -0.216. The number of aromatic nitrogens is 4. The lowest BCUT2D eigenvalue weighted by Gasteiger charge is -2.16. The van der Waals surface area contributed by atoms with Crippen molar-refractivity contribution in [1.82, 2.24) is 18.7 Å². The van der Waals surface area contributed by atoms with Gasteiger partial charge in [-0.15, -0.1) is 0 Å². The number of hydrogen-bond donors (Lipinski definition) is 3. The van der Waals surface area contributed by atoms with E-state index >= 15 is 0 Å². The molecule has 3 aromatic rings. The van der Waals surface area contributed by atoms with Gasteiger partial charge in [-0.3, -0.25) is 18.7 Å². The average Bonchev–Trinajstić information content (AvgIpc) is 3.08. The van der Waals surface area contributed by atoms with Crippen LogP contribution in [-0.2, 0) is 25.4 Å². The molecule has 0 spiro atoms. The Morgan fingerprint density at radius 3 is 2.52 bits per heavy atom. The fraction of sp³-hybridized carbons (Fsp3) is 0.400. The molecule has 0 aliphatic heterocycles. The summed E-state index contributed by atoms with van der Waals surface area (Å²) in [6, 6.07) is 7.36. The third kappa shape index (κ3) is 4.77. The second-order valence-electron chi connectivity index (χ2n) is 7.27. The lowest BCUT2D eigenvalue weighted by atomic mass is 10.2. The molecule has 0 saturated heterocycles. The Morgan fingerprint density at radius 1 is 1.19 bits per heavy atom. The molecule has 11 heteroatoms. The summed E-state index contributed by atoms with van der Waals surface area (Å²) >= 11 is 0. The van der Waals surface area contributed by atoms with Crippen molar-refractivity contribution in [1.29, 1.82) is 0 Å². The lowest BCUT2D eigenvalue weighted by molar-refractivity contribution is -0.136. The van der Waals surface area contributed by atoms with Crippen molar-refractivity contribution in [2.45, 2.75) is 26.0 Å². The Kier molecular flexibility index (Phi) is 6.44. The molecule has 1 aromatic carbocycles. The molecular formula is C20H25N5O6. The van der Waals surface area contributed by atoms with Crippen LogP contribution in [-0.4, -0.2) is 54.1 Å². The highest BCUT2D eigenvalue weighted by Gasteiger charge is 2.21. The number of aryl methyl sites for hydroxylation is 2. The zero-order valence-corrected chi connectivity index (χ0v) is 17.5. The van der Waals surface area contributed by atoms with Crippen LogP contribution in [0.2, 0.25) is 0 Å². The van der Waals surface area contributed by atoms with Crippen molar-refractivity contribution in [2.24, 2.45) is 14.1 Å². The van der Waals surface area contributed by atoms with Gasteiger partial charge in [-0.1, -0.05) is 17.7 Å². The molecule has 1 atom stereocenters. The van der Waals surface area contributed by atoms with Crippen molar-refractivity contribution in [3.63, 3.8) is 0 Å². The molecule has 2 heterocycles. The first kappa shape index (κ1) is 22.1. The van der Waals surface area contributed by atoms with Gasteiger partial charge in [0, 0.05) is 20.6 Å². The number of benzene rings is 1. The van der Waals surface area contributed by atoms with Crippen LogP contribution in [0.25, 0.3) is 11.2 Å². The molecule has 166 valence electrons. The monoisotopic (exact) mass is 431 g/mol. The number of fused-ring (bicyclic) bond motifs is 1. The first-order valence-corrected chi connectivity index (χ1v) is 9.68.